The third kappa shape index (κ3) is 3.19. The van der Waals surface area contributed by atoms with Crippen molar-refractivity contribution in [3.8, 4) is 0 Å². The van der Waals surface area contributed by atoms with Crippen LogP contribution in [-0.2, 0) is 11.3 Å². The molecule has 0 radical (unpaired) electrons. The lowest BCUT2D eigenvalue weighted by molar-refractivity contribution is -0.119. The Labute approximate surface area is 86.5 Å². The summed E-state index contributed by atoms with van der Waals surface area (Å²) in [6.45, 7) is 4.13. The smallest absolute Gasteiger partial charge is 0.217 e. The first-order chi connectivity index (χ1) is 6.09. The molecule has 0 bridgehead atoms. The van der Waals surface area contributed by atoms with E-state index in [4.69, 9.17) is 0 Å². The summed E-state index contributed by atoms with van der Waals surface area (Å²) in [6.07, 6.45) is 0. The summed E-state index contributed by atoms with van der Waals surface area (Å²) in [5.41, 5.74) is 2.30. The van der Waals surface area contributed by atoms with Gasteiger partial charge in [-0.05, 0) is 18.6 Å². The van der Waals surface area contributed by atoms with Crippen LogP contribution in [0, 0.1) is 6.92 Å². The van der Waals surface area contributed by atoms with Crippen LogP contribution in [0.25, 0.3) is 0 Å². The molecule has 0 aliphatic carbocycles. The van der Waals surface area contributed by atoms with Crippen molar-refractivity contribution in [2.24, 2.45) is 0 Å². The molecular formula is C10H12BrNO. The quantitative estimate of drug-likeness (QED) is 0.847. The Bertz CT molecular complexity index is 323. The molecule has 0 spiro atoms. The first-order valence-corrected chi connectivity index (χ1v) is 4.88. The number of hydrogen-bond donors (Lipinski definition) is 1. The minimum atomic E-state index is -0.00611. The molecule has 0 atom stereocenters. The molecule has 1 rings (SSSR count). The van der Waals surface area contributed by atoms with Gasteiger partial charge in [-0.15, -0.1) is 0 Å². The van der Waals surface area contributed by atoms with Crippen LogP contribution in [0.5, 0.6) is 0 Å². The Kier molecular flexibility index (Phi) is 3.48. The Morgan fingerprint density at radius 1 is 1.54 bits per heavy atom. The summed E-state index contributed by atoms with van der Waals surface area (Å²) in [7, 11) is 0. The molecular weight excluding hydrogens is 230 g/mol. The van der Waals surface area contributed by atoms with E-state index >= 15 is 0 Å². The molecule has 0 saturated heterocycles. The van der Waals surface area contributed by atoms with Crippen LogP contribution in [0.15, 0.2) is 22.7 Å². The van der Waals surface area contributed by atoms with Crippen molar-refractivity contribution in [2.45, 2.75) is 20.4 Å². The highest BCUT2D eigenvalue weighted by atomic mass is 79.9. The molecule has 2 nitrogen and oxygen atoms in total. The van der Waals surface area contributed by atoms with Crippen LogP contribution in [0.3, 0.4) is 0 Å². The lowest BCUT2D eigenvalue weighted by Gasteiger charge is -2.05. The van der Waals surface area contributed by atoms with E-state index in [2.05, 4.69) is 27.3 Å². The first kappa shape index (κ1) is 10.3. The van der Waals surface area contributed by atoms with Crippen molar-refractivity contribution in [1.29, 1.82) is 0 Å². The highest BCUT2D eigenvalue weighted by Gasteiger charge is 2.00. The molecule has 0 aliphatic rings. The van der Waals surface area contributed by atoms with Gasteiger partial charge in [0.25, 0.3) is 0 Å². The average molecular weight is 242 g/mol. The second-order valence-corrected chi connectivity index (χ2v) is 3.86. The zero-order valence-corrected chi connectivity index (χ0v) is 9.31. The molecule has 0 fully saturated rings. The van der Waals surface area contributed by atoms with Gasteiger partial charge >= 0.3 is 0 Å². The molecule has 0 aromatic heterocycles. The van der Waals surface area contributed by atoms with Gasteiger partial charge in [-0.3, -0.25) is 4.79 Å². The molecule has 1 N–H and O–H groups in total. The van der Waals surface area contributed by atoms with Crippen LogP contribution < -0.4 is 5.32 Å². The summed E-state index contributed by atoms with van der Waals surface area (Å²) in [5, 5.41) is 2.76. The number of aryl methyl sites for hydroxylation is 1. The van der Waals surface area contributed by atoms with Crippen LogP contribution >= 0.6 is 15.9 Å². The molecule has 3 heteroatoms. The van der Waals surface area contributed by atoms with E-state index in [1.54, 1.807) is 0 Å². The van der Waals surface area contributed by atoms with Gasteiger partial charge in [0.1, 0.15) is 0 Å². The topological polar surface area (TPSA) is 29.1 Å². The number of hydrogen-bond acceptors (Lipinski definition) is 1. The fourth-order valence-corrected chi connectivity index (χ4v) is 1.45. The predicted octanol–water partition coefficient (Wildman–Crippen LogP) is 2.39. The zero-order chi connectivity index (χ0) is 9.84. The van der Waals surface area contributed by atoms with Gasteiger partial charge in [0.05, 0.1) is 0 Å². The van der Waals surface area contributed by atoms with Gasteiger partial charge in [-0.25, -0.2) is 0 Å². The molecule has 0 unspecified atom stereocenters. The van der Waals surface area contributed by atoms with Crippen LogP contribution in [0.1, 0.15) is 18.1 Å². The SMILES string of the molecule is CC(=O)NCc1cc(C)ccc1Br. The van der Waals surface area contributed by atoms with E-state index in [0.29, 0.717) is 6.54 Å². The number of halogens is 1. The van der Waals surface area contributed by atoms with Crippen LogP contribution in [-0.4, -0.2) is 5.91 Å². The Hall–Kier alpha value is -0.830. The highest BCUT2D eigenvalue weighted by Crippen LogP contribution is 2.17. The van der Waals surface area contributed by atoms with E-state index in [0.717, 1.165) is 10.0 Å². The van der Waals surface area contributed by atoms with E-state index in [1.165, 1.54) is 12.5 Å². The van der Waals surface area contributed by atoms with Crippen molar-refractivity contribution < 1.29 is 4.79 Å². The monoisotopic (exact) mass is 241 g/mol. The molecule has 70 valence electrons. The van der Waals surface area contributed by atoms with E-state index in [-0.39, 0.29) is 5.91 Å². The second kappa shape index (κ2) is 4.42. The third-order valence-electron chi connectivity index (χ3n) is 1.73. The van der Waals surface area contributed by atoms with E-state index in [1.807, 2.05) is 19.1 Å². The third-order valence-corrected chi connectivity index (χ3v) is 2.50. The molecule has 1 amide bonds. The van der Waals surface area contributed by atoms with Gasteiger partial charge in [0, 0.05) is 17.9 Å². The summed E-state index contributed by atoms with van der Waals surface area (Å²) in [6, 6.07) is 6.08. The minimum absolute atomic E-state index is 0.00611. The van der Waals surface area contributed by atoms with Gasteiger partial charge < -0.3 is 5.32 Å². The molecule has 1 aromatic rings. The summed E-state index contributed by atoms with van der Waals surface area (Å²) < 4.78 is 1.03. The lowest BCUT2D eigenvalue weighted by atomic mass is 10.1. The van der Waals surface area contributed by atoms with Gasteiger partial charge in [-0.1, -0.05) is 33.6 Å². The Morgan fingerprint density at radius 2 is 2.23 bits per heavy atom. The second-order valence-electron chi connectivity index (χ2n) is 3.00. The molecule has 0 aliphatic heterocycles. The number of carbonyl (C=O) groups excluding carboxylic acids is 1. The lowest BCUT2D eigenvalue weighted by Crippen LogP contribution is -2.19. The number of benzene rings is 1. The molecule has 0 saturated carbocycles. The molecule has 0 heterocycles. The van der Waals surface area contributed by atoms with Crippen molar-refractivity contribution in [3.05, 3.63) is 33.8 Å². The predicted molar refractivity (Wildman–Crippen MR) is 56.4 cm³/mol. The molecule has 13 heavy (non-hydrogen) atoms. The zero-order valence-electron chi connectivity index (χ0n) is 7.73. The first-order valence-electron chi connectivity index (χ1n) is 4.09. The van der Waals surface area contributed by atoms with Crippen molar-refractivity contribution in [3.63, 3.8) is 0 Å². The summed E-state index contributed by atoms with van der Waals surface area (Å²) in [5.74, 6) is -0.00611. The van der Waals surface area contributed by atoms with E-state index < -0.39 is 0 Å². The normalized spacial score (nSPS) is 9.77. The van der Waals surface area contributed by atoms with Crippen molar-refractivity contribution in [2.75, 3.05) is 0 Å². The van der Waals surface area contributed by atoms with Crippen molar-refractivity contribution in [1.82, 2.24) is 5.32 Å². The number of rotatable bonds is 2. The number of nitrogens with one attached hydrogen (secondary N) is 1. The maximum atomic E-state index is 10.7. The van der Waals surface area contributed by atoms with Gasteiger partial charge in [0.15, 0.2) is 0 Å². The summed E-state index contributed by atoms with van der Waals surface area (Å²) in [4.78, 5) is 10.7. The van der Waals surface area contributed by atoms with Crippen molar-refractivity contribution >= 4 is 21.8 Å². The average Bonchev–Trinajstić information content (AvgIpc) is 2.06. The van der Waals surface area contributed by atoms with Gasteiger partial charge in [0.2, 0.25) is 5.91 Å². The molecule has 1 aromatic carbocycles. The van der Waals surface area contributed by atoms with Crippen LogP contribution in [0.4, 0.5) is 0 Å². The largest absolute Gasteiger partial charge is 0.352 e. The maximum Gasteiger partial charge on any atom is 0.217 e. The Morgan fingerprint density at radius 3 is 2.85 bits per heavy atom. The van der Waals surface area contributed by atoms with E-state index in [9.17, 15) is 4.79 Å². The highest BCUT2D eigenvalue weighted by molar-refractivity contribution is 9.10. The van der Waals surface area contributed by atoms with Crippen LogP contribution in [0.2, 0.25) is 0 Å². The maximum absolute atomic E-state index is 10.7. The fraction of sp³-hybridized carbons (Fsp3) is 0.300. The standard InChI is InChI=1S/C10H12BrNO/c1-7-3-4-10(11)9(5-7)6-12-8(2)13/h3-5H,6H2,1-2H3,(H,12,13). The van der Waals surface area contributed by atoms with Gasteiger partial charge in [-0.2, -0.15) is 0 Å². The number of amides is 1. The Balaban J connectivity index is 2.75. The minimum Gasteiger partial charge on any atom is -0.352 e. The fourth-order valence-electron chi connectivity index (χ4n) is 1.06. The number of carbonyl (C=O) groups is 1. The summed E-state index contributed by atoms with van der Waals surface area (Å²) >= 11 is 3.43.